The van der Waals surface area contributed by atoms with Gasteiger partial charge in [-0.2, -0.15) is 0 Å². The van der Waals surface area contributed by atoms with Gasteiger partial charge in [0.1, 0.15) is 5.82 Å². The quantitative estimate of drug-likeness (QED) is 0.870. The summed E-state index contributed by atoms with van der Waals surface area (Å²) in [5.74, 6) is 1.37. The summed E-state index contributed by atoms with van der Waals surface area (Å²) >= 11 is 0. The van der Waals surface area contributed by atoms with Crippen molar-refractivity contribution < 1.29 is 9.21 Å². The topological polar surface area (TPSA) is 64.2 Å². The summed E-state index contributed by atoms with van der Waals surface area (Å²) in [4.78, 5) is 22.9. The summed E-state index contributed by atoms with van der Waals surface area (Å²) in [5.41, 5.74) is 0.666. The Balaban J connectivity index is 1.70. The molecule has 2 aromatic rings. The van der Waals surface area contributed by atoms with Crippen LogP contribution < -0.4 is 0 Å². The van der Waals surface area contributed by atoms with Gasteiger partial charge in [0.2, 0.25) is 5.76 Å². The number of hydrogen-bond acceptors (Lipinski definition) is 4. The summed E-state index contributed by atoms with van der Waals surface area (Å²) in [6, 6.07) is 0.257. The average Bonchev–Trinajstić information content (AvgIpc) is 3.13. The average molecular weight is 302 g/mol. The number of aromatic nitrogens is 3. The third-order valence-electron chi connectivity index (χ3n) is 4.45. The fraction of sp³-hybridized carbons (Fsp3) is 0.562. The number of nitrogens with zero attached hydrogens (tertiary/aromatic N) is 4. The molecule has 22 heavy (non-hydrogen) atoms. The third kappa shape index (κ3) is 2.91. The van der Waals surface area contributed by atoms with Gasteiger partial charge in [0, 0.05) is 31.5 Å². The highest BCUT2D eigenvalue weighted by Gasteiger charge is 2.30. The number of hydrogen-bond donors (Lipinski definition) is 0. The Hall–Kier alpha value is -2.11. The minimum absolute atomic E-state index is 0.0259. The van der Waals surface area contributed by atoms with Gasteiger partial charge < -0.3 is 13.9 Å². The number of likely N-dealkylation sites (tertiary alicyclic amines) is 1. The summed E-state index contributed by atoms with van der Waals surface area (Å²) in [5, 5.41) is 0. The van der Waals surface area contributed by atoms with Crippen LogP contribution in [0.15, 0.2) is 23.2 Å². The first-order valence-electron chi connectivity index (χ1n) is 7.85. The number of amides is 1. The molecule has 118 valence electrons. The lowest BCUT2D eigenvalue weighted by atomic mass is 9.98. The van der Waals surface area contributed by atoms with Gasteiger partial charge in [-0.25, -0.2) is 9.97 Å². The molecular weight excluding hydrogens is 280 g/mol. The predicted molar refractivity (Wildman–Crippen MR) is 81.5 cm³/mol. The normalized spacial score (nSPS) is 18.6. The molecule has 0 saturated carbocycles. The zero-order valence-electron chi connectivity index (χ0n) is 13.2. The monoisotopic (exact) mass is 302 g/mol. The number of rotatable bonds is 4. The van der Waals surface area contributed by atoms with Crippen LogP contribution in [0.25, 0.3) is 0 Å². The van der Waals surface area contributed by atoms with E-state index in [2.05, 4.69) is 14.5 Å². The maximum atomic E-state index is 12.7. The van der Waals surface area contributed by atoms with Crippen LogP contribution in [0.3, 0.4) is 0 Å². The first-order chi connectivity index (χ1) is 10.7. The Morgan fingerprint density at radius 3 is 2.91 bits per heavy atom. The first kappa shape index (κ1) is 14.8. The lowest BCUT2D eigenvalue weighted by Gasteiger charge is -2.35. The van der Waals surface area contributed by atoms with Crippen LogP contribution in [0, 0.1) is 13.8 Å². The van der Waals surface area contributed by atoms with Crippen molar-refractivity contribution in [1.29, 1.82) is 0 Å². The Kier molecular flexibility index (Phi) is 4.27. The van der Waals surface area contributed by atoms with E-state index in [0.717, 1.165) is 38.2 Å². The van der Waals surface area contributed by atoms with E-state index in [9.17, 15) is 4.79 Å². The lowest BCUT2D eigenvalue weighted by Crippen LogP contribution is -2.44. The van der Waals surface area contributed by atoms with Crippen LogP contribution >= 0.6 is 0 Å². The maximum absolute atomic E-state index is 12.7. The van der Waals surface area contributed by atoms with Crippen LogP contribution in [0.5, 0.6) is 0 Å². The van der Waals surface area contributed by atoms with E-state index in [1.54, 1.807) is 0 Å². The molecule has 1 unspecified atom stereocenters. The van der Waals surface area contributed by atoms with E-state index in [-0.39, 0.29) is 11.9 Å². The molecule has 0 aliphatic carbocycles. The smallest absolute Gasteiger partial charge is 0.291 e. The maximum Gasteiger partial charge on any atom is 0.291 e. The molecule has 0 N–H and O–H groups in total. The highest BCUT2D eigenvalue weighted by Crippen LogP contribution is 2.23. The molecule has 1 atom stereocenters. The van der Waals surface area contributed by atoms with E-state index in [0.29, 0.717) is 11.5 Å². The summed E-state index contributed by atoms with van der Waals surface area (Å²) in [7, 11) is 0. The second-order valence-electron chi connectivity index (χ2n) is 5.87. The molecule has 0 spiro atoms. The van der Waals surface area contributed by atoms with Crippen molar-refractivity contribution >= 4 is 5.91 Å². The van der Waals surface area contributed by atoms with Gasteiger partial charge in [0.15, 0.2) is 6.39 Å². The Morgan fingerprint density at radius 1 is 1.36 bits per heavy atom. The minimum Gasteiger partial charge on any atom is -0.438 e. The van der Waals surface area contributed by atoms with Crippen molar-refractivity contribution in [3.8, 4) is 0 Å². The van der Waals surface area contributed by atoms with Gasteiger partial charge in [0.05, 0.1) is 5.69 Å². The molecule has 1 aliphatic heterocycles. The summed E-state index contributed by atoms with van der Waals surface area (Å²) < 4.78 is 7.42. The van der Waals surface area contributed by atoms with Crippen LogP contribution in [0.2, 0.25) is 0 Å². The lowest BCUT2D eigenvalue weighted by molar-refractivity contribution is 0.0562. The van der Waals surface area contributed by atoms with Gasteiger partial charge in [-0.3, -0.25) is 4.79 Å². The Labute approximate surface area is 130 Å². The molecular formula is C16H22N4O2. The Bertz CT molecular complexity index is 646. The molecule has 1 amide bonds. The molecule has 2 aromatic heterocycles. The van der Waals surface area contributed by atoms with E-state index >= 15 is 0 Å². The highest BCUT2D eigenvalue weighted by molar-refractivity contribution is 5.92. The highest BCUT2D eigenvalue weighted by atomic mass is 16.3. The molecule has 0 radical (unpaired) electrons. The second-order valence-corrected chi connectivity index (χ2v) is 5.87. The van der Waals surface area contributed by atoms with E-state index in [1.165, 1.54) is 12.8 Å². The number of carbonyl (C=O) groups excluding carboxylic acids is 1. The molecule has 3 heterocycles. The fourth-order valence-electron chi connectivity index (χ4n) is 3.13. The molecule has 0 bridgehead atoms. The van der Waals surface area contributed by atoms with E-state index in [1.807, 2.05) is 31.1 Å². The van der Waals surface area contributed by atoms with Crippen LogP contribution in [-0.2, 0) is 6.54 Å². The second kappa shape index (κ2) is 6.34. The first-order valence-corrected chi connectivity index (χ1v) is 7.85. The van der Waals surface area contributed by atoms with Crippen LogP contribution in [0.1, 0.15) is 47.8 Å². The molecule has 6 heteroatoms. The van der Waals surface area contributed by atoms with Gasteiger partial charge in [-0.1, -0.05) is 0 Å². The predicted octanol–water partition coefficient (Wildman–Crippen LogP) is 2.57. The number of aryl methyl sites for hydroxylation is 3. The summed E-state index contributed by atoms with van der Waals surface area (Å²) in [6.45, 7) is 5.49. The number of carbonyl (C=O) groups is 1. The molecule has 0 aromatic carbocycles. The number of piperidine rings is 1. The van der Waals surface area contributed by atoms with Gasteiger partial charge in [-0.15, -0.1) is 0 Å². The minimum atomic E-state index is -0.0259. The van der Waals surface area contributed by atoms with E-state index < -0.39 is 0 Å². The Morgan fingerprint density at radius 2 is 2.23 bits per heavy atom. The van der Waals surface area contributed by atoms with Gasteiger partial charge in [0.25, 0.3) is 5.91 Å². The molecule has 3 rings (SSSR count). The fourth-order valence-corrected chi connectivity index (χ4v) is 3.13. The van der Waals surface area contributed by atoms with Gasteiger partial charge in [-0.05, 0) is 39.5 Å². The van der Waals surface area contributed by atoms with Crippen molar-refractivity contribution in [1.82, 2.24) is 19.4 Å². The van der Waals surface area contributed by atoms with Crippen LogP contribution in [-0.4, -0.2) is 37.9 Å². The molecule has 6 nitrogen and oxygen atoms in total. The molecule has 1 fully saturated rings. The third-order valence-corrected chi connectivity index (χ3v) is 4.45. The number of imidazole rings is 1. The van der Waals surface area contributed by atoms with Crippen molar-refractivity contribution in [3.63, 3.8) is 0 Å². The molecule has 1 aliphatic rings. The van der Waals surface area contributed by atoms with E-state index in [4.69, 9.17) is 4.42 Å². The standard InChI is InChI=1S/C16H22N4O2/c1-12-15(22-11-18-12)16(21)20-8-4-3-5-14(20)6-9-19-10-7-17-13(19)2/h7,10-11,14H,3-6,8-9H2,1-2H3. The summed E-state index contributed by atoms with van der Waals surface area (Å²) in [6.07, 6.45) is 9.37. The van der Waals surface area contributed by atoms with Crippen molar-refractivity contribution in [2.24, 2.45) is 0 Å². The number of oxazole rings is 1. The van der Waals surface area contributed by atoms with Crippen LogP contribution in [0.4, 0.5) is 0 Å². The zero-order valence-corrected chi connectivity index (χ0v) is 13.2. The van der Waals surface area contributed by atoms with Crippen molar-refractivity contribution in [3.05, 3.63) is 36.1 Å². The zero-order chi connectivity index (χ0) is 15.5. The SMILES string of the molecule is Cc1ncoc1C(=O)N1CCCCC1CCn1ccnc1C. The van der Waals surface area contributed by atoms with Crippen molar-refractivity contribution in [2.75, 3.05) is 6.54 Å². The van der Waals surface area contributed by atoms with Crippen molar-refractivity contribution in [2.45, 2.75) is 52.1 Å². The van der Waals surface area contributed by atoms with Gasteiger partial charge >= 0.3 is 0 Å². The molecule has 1 saturated heterocycles. The largest absolute Gasteiger partial charge is 0.438 e.